The van der Waals surface area contributed by atoms with Crippen molar-refractivity contribution in [1.82, 2.24) is 5.32 Å². The number of benzene rings is 1. The average Bonchev–Trinajstić information content (AvgIpc) is 2.62. The Labute approximate surface area is 83.5 Å². The zero-order valence-corrected chi connectivity index (χ0v) is 8.31. The molecule has 1 unspecified atom stereocenters. The second kappa shape index (κ2) is 3.96. The summed E-state index contributed by atoms with van der Waals surface area (Å²) >= 11 is 0. The van der Waals surface area contributed by atoms with E-state index in [4.69, 9.17) is 0 Å². The summed E-state index contributed by atoms with van der Waals surface area (Å²) in [7, 11) is 0. The summed E-state index contributed by atoms with van der Waals surface area (Å²) in [5.41, 5.74) is 1.57. The molecule has 0 aliphatic carbocycles. The largest absolute Gasteiger partial charge is 0.379 e. The molecule has 1 heterocycles. The molecule has 1 atom stereocenters. The molecule has 0 aromatic heterocycles. The molecule has 14 heavy (non-hydrogen) atoms. The average molecular weight is 194 g/mol. The molecule has 0 radical (unpaired) electrons. The van der Waals surface area contributed by atoms with Gasteiger partial charge in [0.05, 0.1) is 5.69 Å². The van der Waals surface area contributed by atoms with Gasteiger partial charge in [-0.25, -0.2) is 4.39 Å². The summed E-state index contributed by atoms with van der Waals surface area (Å²) in [6.07, 6.45) is 1.06. The summed E-state index contributed by atoms with van der Waals surface area (Å²) in [6.45, 7) is 3.84. The third-order valence-electron chi connectivity index (χ3n) is 2.54. The van der Waals surface area contributed by atoms with E-state index in [9.17, 15) is 4.39 Å². The van der Waals surface area contributed by atoms with Gasteiger partial charge < -0.3 is 10.6 Å². The highest BCUT2D eigenvalue weighted by Crippen LogP contribution is 2.17. The molecule has 1 aromatic rings. The van der Waals surface area contributed by atoms with Gasteiger partial charge in [-0.1, -0.05) is 6.07 Å². The van der Waals surface area contributed by atoms with Crippen LogP contribution in [0.5, 0.6) is 0 Å². The van der Waals surface area contributed by atoms with Gasteiger partial charge in [0.2, 0.25) is 0 Å². The quantitative estimate of drug-likeness (QED) is 0.751. The van der Waals surface area contributed by atoms with Crippen LogP contribution in [0.3, 0.4) is 0 Å². The van der Waals surface area contributed by atoms with Crippen molar-refractivity contribution < 1.29 is 4.39 Å². The van der Waals surface area contributed by atoms with Gasteiger partial charge in [-0.15, -0.1) is 0 Å². The van der Waals surface area contributed by atoms with Crippen molar-refractivity contribution in [2.24, 2.45) is 0 Å². The van der Waals surface area contributed by atoms with Crippen LogP contribution in [-0.4, -0.2) is 19.1 Å². The summed E-state index contributed by atoms with van der Waals surface area (Å²) in [6, 6.07) is 5.66. The van der Waals surface area contributed by atoms with Crippen LogP contribution in [0.15, 0.2) is 18.2 Å². The molecular formula is C11H15FN2. The monoisotopic (exact) mass is 194 g/mol. The Morgan fingerprint density at radius 2 is 2.36 bits per heavy atom. The third-order valence-corrected chi connectivity index (χ3v) is 2.54. The second-order valence-electron chi connectivity index (χ2n) is 3.82. The minimum Gasteiger partial charge on any atom is -0.379 e. The van der Waals surface area contributed by atoms with Gasteiger partial charge in [-0.2, -0.15) is 0 Å². The van der Waals surface area contributed by atoms with Gasteiger partial charge in [0.15, 0.2) is 0 Å². The fourth-order valence-corrected chi connectivity index (χ4v) is 1.73. The van der Waals surface area contributed by atoms with Crippen molar-refractivity contribution in [2.45, 2.75) is 19.4 Å². The number of rotatable bonds is 2. The van der Waals surface area contributed by atoms with E-state index < -0.39 is 0 Å². The Morgan fingerprint density at radius 1 is 1.50 bits per heavy atom. The Kier molecular flexibility index (Phi) is 2.68. The molecule has 0 amide bonds. The summed E-state index contributed by atoms with van der Waals surface area (Å²) in [5.74, 6) is -0.156. The highest BCUT2D eigenvalue weighted by atomic mass is 19.1. The normalized spacial score (nSPS) is 21.1. The predicted molar refractivity (Wildman–Crippen MR) is 56.0 cm³/mol. The minimum absolute atomic E-state index is 0.156. The molecule has 0 bridgehead atoms. The molecule has 0 saturated carbocycles. The lowest BCUT2D eigenvalue weighted by molar-refractivity contribution is 0.625. The fraction of sp³-hybridized carbons (Fsp3) is 0.455. The Balaban J connectivity index is 2.08. The van der Waals surface area contributed by atoms with Crippen LogP contribution in [0, 0.1) is 12.7 Å². The number of anilines is 1. The topological polar surface area (TPSA) is 24.1 Å². The van der Waals surface area contributed by atoms with Crippen molar-refractivity contribution >= 4 is 5.69 Å². The number of nitrogens with one attached hydrogen (secondary N) is 2. The zero-order valence-electron chi connectivity index (χ0n) is 8.31. The number of halogens is 1. The first kappa shape index (κ1) is 9.46. The zero-order chi connectivity index (χ0) is 9.97. The van der Waals surface area contributed by atoms with E-state index in [2.05, 4.69) is 10.6 Å². The highest BCUT2D eigenvalue weighted by molar-refractivity contribution is 5.47. The van der Waals surface area contributed by atoms with E-state index in [0.717, 1.165) is 25.1 Å². The molecule has 1 aromatic carbocycles. The first-order chi connectivity index (χ1) is 6.75. The molecule has 2 rings (SSSR count). The maximum absolute atomic E-state index is 13.4. The van der Waals surface area contributed by atoms with Crippen LogP contribution in [-0.2, 0) is 0 Å². The van der Waals surface area contributed by atoms with Crippen molar-refractivity contribution in [3.05, 3.63) is 29.6 Å². The van der Waals surface area contributed by atoms with E-state index in [-0.39, 0.29) is 5.82 Å². The van der Waals surface area contributed by atoms with Gasteiger partial charge in [0.25, 0.3) is 0 Å². The second-order valence-corrected chi connectivity index (χ2v) is 3.82. The van der Waals surface area contributed by atoms with Gasteiger partial charge in [0.1, 0.15) is 5.82 Å². The smallest absolute Gasteiger partial charge is 0.146 e. The molecular weight excluding hydrogens is 179 g/mol. The number of aryl methyl sites for hydroxylation is 1. The third kappa shape index (κ3) is 2.04. The van der Waals surface area contributed by atoms with E-state index >= 15 is 0 Å². The Morgan fingerprint density at radius 3 is 3.00 bits per heavy atom. The molecule has 1 aliphatic heterocycles. The van der Waals surface area contributed by atoms with E-state index in [1.54, 1.807) is 6.07 Å². The lowest BCUT2D eigenvalue weighted by Gasteiger charge is -2.13. The first-order valence-corrected chi connectivity index (χ1v) is 4.99. The molecule has 1 saturated heterocycles. The molecule has 3 heteroatoms. The lowest BCUT2D eigenvalue weighted by atomic mass is 10.2. The van der Waals surface area contributed by atoms with Crippen LogP contribution >= 0.6 is 0 Å². The summed E-state index contributed by atoms with van der Waals surface area (Å²) in [5, 5.41) is 6.44. The standard InChI is InChI=1S/C11H15FN2/c1-8-2-3-11(10(12)6-8)14-9-4-5-13-7-9/h2-3,6,9,13-14H,4-5,7H2,1H3. The van der Waals surface area contributed by atoms with Crippen molar-refractivity contribution in [2.75, 3.05) is 18.4 Å². The van der Waals surface area contributed by atoms with E-state index in [1.807, 2.05) is 19.1 Å². The number of hydrogen-bond donors (Lipinski definition) is 2. The minimum atomic E-state index is -0.156. The van der Waals surface area contributed by atoms with Crippen LogP contribution in [0.4, 0.5) is 10.1 Å². The maximum Gasteiger partial charge on any atom is 0.146 e. The van der Waals surface area contributed by atoms with Crippen molar-refractivity contribution in [1.29, 1.82) is 0 Å². The van der Waals surface area contributed by atoms with Crippen molar-refractivity contribution in [3.8, 4) is 0 Å². The Bertz CT molecular complexity index is 319. The van der Waals surface area contributed by atoms with Gasteiger partial charge in [-0.3, -0.25) is 0 Å². The van der Waals surface area contributed by atoms with Crippen LogP contribution in [0.25, 0.3) is 0 Å². The van der Waals surface area contributed by atoms with Gasteiger partial charge in [-0.05, 0) is 37.6 Å². The van der Waals surface area contributed by atoms with Crippen LogP contribution < -0.4 is 10.6 Å². The predicted octanol–water partition coefficient (Wildman–Crippen LogP) is 1.91. The highest BCUT2D eigenvalue weighted by Gasteiger charge is 2.15. The van der Waals surface area contributed by atoms with E-state index in [1.165, 1.54) is 0 Å². The maximum atomic E-state index is 13.4. The van der Waals surface area contributed by atoms with Gasteiger partial charge in [0, 0.05) is 12.6 Å². The van der Waals surface area contributed by atoms with Crippen molar-refractivity contribution in [3.63, 3.8) is 0 Å². The van der Waals surface area contributed by atoms with Crippen LogP contribution in [0.2, 0.25) is 0 Å². The molecule has 1 fully saturated rings. The first-order valence-electron chi connectivity index (χ1n) is 4.99. The lowest BCUT2D eigenvalue weighted by Crippen LogP contribution is -2.22. The van der Waals surface area contributed by atoms with E-state index in [0.29, 0.717) is 11.7 Å². The fourth-order valence-electron chi connectivity index (χ4n) is 1.73. The molecule has 2 N–H and O–H groups in total. The Hall–Kier alpha value is -1.09. The molecule has 1 aliphatic rings. The molecule has 2 nitrogen and oxygen atoms in total. The molecule has 76 valence electrons. The number of hydrogen-bond acceptors (Lipinski definition) is 2. The molecule has 0 spiro atoms. The SMILES string of the molecule is Cc1ccc(NC2CCNC2)c(F)c1. The summed E-state index contributed by atoms with van der Waals surface area (Å²) < 4.78 is 13.4. The van der Waals surface area contributed by atoms with Crippen LogP contribution in [0.1, 0.15) is 12.0 Å². The van der Waals surface area contributed by atoms with Gasteiger partial charge >= 0.3 is 0 Å². The summed E-state index contributed by atoms with van der Waals surface area (Å²) in [4.78, 5) is 0.